The second-order valence-electron chi connectivity index (χ2n) is 10.8. The Morgan fingerprint density at radius 1 is 1.05 bits per heavy atom. The van der Waals surface area contributed by atoms with Crippen LogP contribution < -0.4 is 5.32 Å². The first-order valence-corrected chi connectivity index (χ1v) is 15.6. The molecule has 3 aliphatic rings. The summed E-state index contributed by atoms with van der Waals surface area (Å²) in [7, 11) is -2.48. The number of para-hydroxylation sites is 2. The minimum absolute atomic E-state index is 0.0113. The zero-order valence-electron chi connectivity index (χ0n) is 23.3. The number of rotatable bonds is 9. The van der Waals surface area contributed by atoms with Gasteiger partial charge in [-0.05, 0) is 49.9 Å². The molecule has 0 spiro atoms. The number of benzene rings is 2. The molecule has 2 saturated heterocycles. The minimum atomic E-state index is -4.24. The van der Waals surface area contributed by atoms with Gasteiger partial charge in [0.1, 0.15) is 17.3 Å². The fourth-order valence-electron chi connectivity index (χ4n) is 5.88. The third kappa shape index (κ3) is 5.16. The standard InChI is InChI=1S/C29H33N5O7S/c1-32-23-12-4-3-11-22(23)31-27(32)26(28(36)30-16-19-8-6-14-40-19)33(17-20-9-7-15-41-20)25(35)18-34-29(37)21-10-2-5-13-24(21)42(34,38)39/h2-5,10-13,19-20,26H,6-9,14-18H2,1H3,(H,30,36)/t19-,20+,26+/m1/s1. The molecule has 0 aliphatic carbocycles. The van der Waals surface area contributed by atoms with E-state index < -0.39 is 40.3 Å². The minimum Gasteiger partial charge on any atom is -0.376 e. The number of nitrogens with zero attached hydrogens (tertiary/aromatic N) is 4. The zero-order valence-corrected chi connectivity index (χ0v) is 24.1. The Bertz CT molecular complexity index is 1630. The number of hydrogen-bond donors (Lipinski definition) is 1. The summed E-state index contributed by atoms with van der Waals surface area (Å²) in [6.45, 7) is 0.662. The van der Waals surface area contributed by atoms with Gasteiger partial charge in [-0.3, -0.25) is 14.4 Å². The summed E-state index contributed by atoms with van der Waals surface area (Å²) < 4.78 is 40.4. The lowest BCUT2D eigenvalue weighted by molar-refractivity contribution is -0.143. The largest absolute Gasteiger partial charge is 0.376 e. The SMILES string of the molecule is Cn1c([C@@H](C(=O)NC[C@H]2CCCO2)N(C[C@@H]2CCCO2)C(=O)CN2C(=O)c3ccccc3S2(=O)=O)nc2ccccc21. The number of amides is 3. The Hall–Kier alpha value is -3.81. The average Bonchev–Trinajstić information content (AvgIpc) is 3.79. The van der Waals surface area contributed by atoms with Crippen LogP contribution in [-0.2, 0) is 36.1 Å². The Balaban J connectivity index is 1.37. The Morgan fingerprint density at radius 2 is 1.74 bits per heavy atom. The van der Waals surface area contributed by atoms with Crippen LogP contribution in [0.1, 0.15) is 47.9 Å². The van der Waals surface area contributed by atoms with E-state index in [4.69, 9.17) is 14.5 Å². The first kappa shape index (κ1) is 28.3. The van der Waals surface area contributed by atoms with Gasteiger partial charge in [0.25, 0.3) is 21.8 Å². The van der Waals surface area contributed by atoms with Crippen LogP contribution >= 0.6 is 0 Å². The Morgan fingerprint density at radius 3 is 2.43 bits per heavy atom. The van der Waals surface area contributed by atoms with Gasteiger partial charge in [0.2, 0.25) is 5.91 Å². The molecule has 4 heterocycles. The monoisotopic (exact) mass is 595 g/mol. The first-order chi connectivity index (χ1) is 20.3. The molecule has 6 rings (SSSR count). The predicted molar refractivity (Wildman–Crippen MR) is 151 cm³/mol. The molecule has 3 amide bonds. The molecule has 13 heteroatoms. The smallest absolute Gasteiger partial charge is 0.269 e. The van der Waals surface area contributed by atoms with E-state index in [-0.39, 0.29) is 35.8 Å². The van der Waals surface area contributed by atoms with E-state index in [2.05, 4.69) is 5.32 Å². The normalized spacial score (nSPS) is 21.9. The molecule has 2 aromatic carbocycles. The summed E-state index contributed by atoms with van der Waals surface area (Å²) in [4.78, 5) is 47.2. The summed E-state index contributed by atoms with van der Waals surface area (Å²) in [5.41, 5.74) is 1.42. The van der Waals surface area contributed by atoms with Crippen molar-refractivity contribution in [2.45, 2.75) is 48.8 Å². The van der Waals surface area contributed by atoms with Crippen molar-refractivity contribution in [1.82, 2.24) is 24.1 Å². The fraction of sp³-hybridized carbons (Fsp3) is 0.448. The molecule has 3 aromatic rings. The number of sulfonamides is 1. The van der Waals surface area contributed by atoms with E-state index in [9.17, 15) is 22.8 Å². The summed E-state index contributed by atoms with van der Waals surface area (Å²) in [5.74, 6) is -1.65. The number of nitrogens with one attached hydrogen (secondary N) is 1. The summed E-state index contributed by atoms with van der Waals surface area (Å²) in [5, 5.41) is 2.94. The van der Waals surface area contributed by atoms with E-state index >= 15 is 0 Å². The number of aromatic nitrogens is 2. The van der Waals surface area contributed by atoms with Gasteiger partial charge in [0.15, 0.2) is 6.04 Å². The number of hydrogen-bond acceptors (Lipinski definition) is 8. The molecule has 1 aromatic heterocycles. The quantitative estimate of drug-likeness (QED) is 0.395. The zero-order chi connectivity index (χ0) is 29.4. The molecule has 0 bridgehead atoms. The van der Waals surface area contributed by atoms with Crippen molar-refractivity contribution >= 4 is 38.8 Å². The van der Waals surface area contributed by atoms with Gasteiger partial charge in [-0.1, -0.05) is 24.3 Å². The van der Waals surface area contributed by atoms with Gasteiger partial charge in [-0.25, -0.2) is 17.7 Å². The number of imidazole rings is 1. The van der Waals surface area contributed by atoms with Crippen molar-refractivity contribution in [2.75, 3.05) is 32.8 Å². The van der Waals surface area contributed by atoms with Crippen molar-refractivity contribution in [3.8, 4) is 0 Å². The van der Waals surface area contributed by atoms with Gasteiger partial charge >= 0.3 is 0 Å². The first-order valence-electron chi connectivity index (χ1n) is 14.1. The van der Waals surface area contributed by atoms with Crippen LogP contribution in [0.15, 0.2) is 53.4 Å². The molecule has 0 unspecified atom stereocenters. The highest BCUT2D eigenvalue weighted by Crippen LogP contribution is 2.32. The number of carbonyl (C=O) groups excluding carboxylic acids is 3. The number of ether oxygens (including phenoxy) is 2. The summed E-state index contributed by atoms with van der Waals surface area (Å²) >= 11 is 0. The molecule has 0 saturated carbocycles. The molecule has 12 nitrogen and oxygen atoms in total. The van der Waals surface area contributed by atoms with Crippen molar-refractivity contribution in [3.05, 3.63) is 59.9 Å². The molecule has 0 radical (unpaired) electrons. The lowest BCUT2D eigenvalue weighted by Gasteiger charge is -2.33. The molecule has 2 fully saturated rings. The Kier molecular flexibility index (Phi) is 7.73. The van der Waals surface area contributed by atoms with Gasteiger partial charge in [-0.2, -0.15) is 0 Å². The van der Waals surface area contributed by atoms with Crippen molar-refractivity contribution in [2.24, 2.45) is 7.05 Å². The van der Waals surface area contributed by atoms with Gasteiger partial charge in [-0.15, -0.1) is 0 Å². The predicted octanol–water partition coefficient (Wildman–Crippen LogP) is 1.76. The second kappa shape index (κ2) is 11.5. The van der Waals surface area contributed by atoms with Crippen LogP contribution in [0.4, 0.5) is 0 Å². The highest BCUT2D eigenvalue weighted by atomic mass is 32.2. The second-order valence-corrected chi connectivity index (χ2v) is 12.6. The van der Waals surface area contributed by atoms with Crippen LogP contribution in [0.3, 0.4) is 0 Å². The molecule has 3 aliphatic heterocycles. The molecule has 1 N–H and O–H groups in total. The number of fused-ring (bicyclic) bond motifs is 2. The molecule has 3 atom stereocenters. The topological polar surface area (TPSA) is 140 Å². The third-order valence-corrected chi connectivity index (χ3v) is 9.88. The van der Waals surface area contributed by atoms with Crippen LogP contribution in [0.25, 0.3) is 11.0 Å². The highest BCUT2D eigenvalue weighted by Gasteiger charge is 2.45. The summed E-state index contributed by atoms with van der Waals surface area (Å²) in [6.07, 6.45) is 2.68. The van der Waals surface area contributed by atoms with E-state index in [1.165, 1.54) is 23.1 Å². The summed E-state index contributed by atoms with van der Waals surface area (Å²) in [6, 6.07) is 12.0. The highest BCUT2D eigenvalue weighted by molar-refractivity contribution is 7.90. The maximum Gasteiger partial charge on any atom is 0.269 e. The maximum absolute atomic E-state index is 14.1. The van der Waals surface area contributed by atoms with Crippen molar-refractivity contribution in [3.63, 3.8) is 0 Å². The van der Waals surface area contributed by atoms with Crippen LogP contribution in [0.2, 0.25) is 0 Å². The molecular weight excluding hydrogens is 562 g/mol. The van der Waals surface area contributed by atoms with E-state index in [0.29, 0.717) is 35.3 Å². The number of carbonyl (C=O) groups is 3. The van der Waals surface area contributed by atoms with E-state index in [1.807, 2.05) is 24.3 Å². The lowest BCUT2D eigenvalue weighted by atomic mass is 10.1. The van der Waals surface area contributed by atoms with Gasteiger partial charge in [0, 0.05) is 33.4 Å². The third-order valence-electron chi connectivity index (χ3n) is 8.09. The number of aryl methyl sites for hydroxylation is 1. The molecular formula is C29H33N5O7S. The van der Waals surface area contributed by atoms with Crippen LogP contribution in [0.5, 0.6) is 0 Å². The van der Waals surface area contributed by atoms with Crippen LogP contribution in [-0.4, -0.2) is 90.0 Å². The van der Waals surface area contributed by atoms with E-state index in [1.54, 1.807) is 17.7 Å². The van der Waals surface area contributed by atoms with Gasteiger partial charge in [0.05, 0.1) is 28.8 Å². The van der Waals surface area contributed by atoms with Crippen molar-refractivity contribution in [1.29, 1.82) is 0 Å². The Labute approximate surface area is 243 Å². The molecule has 222 valence electrons. The lowest BCUT2D eigenvalue weighted by Crippen LogP contribution is -2.51. The maximum atomic E-state index is 14.1. The average molecular weight is 596 g/mol. The van der Waals surface area contributed by atoms with Crippen molar-refractivity contribution < 1.29 is 32.3 Å². The van der Waals surface area contributed by atoms with Gasteiger partial charge < -0.3 is 24.3 Å². The van der Waals surface area contributed by atoms with E-state index in [0.717, 1.165) is 24.8 Å². The van der Waals surface area contributed by atoms with Crippen LogP contribution in [0, 0.1) is 0 Å². The fourth-order valence-corrected chi connectivity index (χ4v) is 7.40. The molecule has 42 heavy (non-hydrogen) atoms.